The van der Waals surface area contributed by atoms with Crippen molar-refractivity contribution >= 4 is 11.8 Å². The van der Waals surface area contributed by atoms with Gasteiger partial charge in [0.2, 0.25) is 0 Å². The highest BCUT2D eigenvalue weighted by molar-refractivity contribution is 7.99. The number of ether oxygens (including phenoxy) is 1. The molecule has 0 bridgehead atoms. The van der Waals surface area contributed by atoms with Crippen molar-refractivity contribution in [2.75, 3.05) is 7.11 Å². The van der Waals surface area contributed by atoms with E-state index in [1.54, 1.807) is 18.9 Å². The minimum Gasteiger partial charge on any atom is -0.497 e. The van der Waals surface area contributed by atoms with Crippen molar-refractivity contribution in [2.24, 2.45) is 5.29 Å². The van der Waals surface area contributed by atoms with Crippen molar-refractivity contribution in [3.8, 4) is 5.75 Å². The molecule has 0 aliphatic rings. The standard InChI is InChI=1S/C14H14N2O3S.H3N/c1-19-12-4-8-14(9-5-12)20-13-6-2-11(3-7-13)10-16(18)15-17;/h2-9,18H,10H2,1H3;1H3. The lowest BCUT2D eigenvalue weighted by atomic mass is 10.2. The van der Waals surface area contributed by atoms with E-state index < -0.39 is 0 Å². The van der Waals surface area contributed by atoms with E-state index in [0.717, 1.165) is 21.1 Å². The summed E-state index contributed by atoms with van der Waals surface area (Å²) in [5.41, 5.74) is 0.811. The average Bonchev–Trinajstić information content (AvgIpc) is 2.50. The van der Waals surface area contributed by atoms with Crippen LogP contribution in [-0.4, -0.2) is 17.5 Å². The summed E-state index contributed by atoms with van der Waals surface area (Å²) in [7, 11) is 1.64. The van der Waals surface area contributed by atoms with Crippen molar-refractivity contribution in [1.29, 1.82) is 0 Å². The Balaban J connectivity index is 0.00000220. The van der Waals surface area contributed by atoms with Gasteiger partial charge in [0.1, 0.15) is 5.75 Å². The molecular formula is C14H17N3O3S. The summed E-state index contributed by atoms with van der Waals surface area (Å²) in [6, 6.07) is 15.4. The monoisotopic (exact) mass is 307 g/mol. The van der Waals surface area contributed by atoms with Gasteiger partial charge in [-0.15, -0.1) is 10.1 Å². The van der Waals surface area contributed by atoms with Gasteiger partial charge in [-0.3, -0.25) is 5.21 Å². The molecule has 7 heteroatoms. The molecule has 0 fully saturated rings. The van der Waals surface area contributed by atoms with Crippen LogP contribution in [0.1, 0.15) is 5.56 Å². The molecule has 0 unspecified atom stereocenters. The van der Waals surface area contributed by atoms with Crippen molar-refractivity contribution in [3.05, 3.63) is 59.0 Å². The Morgan fingerprint density at radius 3 is 2.10 bits per heavy atom. The van der Waals surface area contributed by atoms with Crippen LogP contribution in [0.5, 0.6) is 5.75 Å². The summed E-state index contributed by atoms with van der Waals surface area (Å²) in [5.74, 6) is 0.828. The van der Waals surface area contributed by atoms with Crippen LogP contribution in [0.15, 0.2) is 63.6 Å². The number of nitrogens with zero attached hydrogens (tertiary/aromatic N) is 2. The van der Waals surface area contributed by atoms with E-state index in [0.29, 0.717) is 5.17 Å². The largest absolute Gasteiger partial charge is 0.497 e. The maximum Gasteiger partial charge on any atom is 0.118 e. The molecule has 2 aromatic rings. The second kappa shape index (κ2) is 8.25. The minimum atomic E-state index is 0. The van der Waals surface area contributed by atoms with Gasteiger partial charge >= 0.3 is 0 Å². The van der Waals surface area contributed by atoms with Crippen molar-refractivity contribution in [1.82, 2.24) is 11.3 Å². The molecule has 4 N–H and O–H groups in total. The number of hydroxylamine groups is 1. The van der Waals surface area contributed by atoms with E-state index in [2.05, 4.69) is 5.29 Å². The fourth-order valence-electron chi connectivity index (χ4n) is 1.63. The van der Waals surface area contributed by atoms with Crippen LogP contribution < -0.4 is 10.9 Å². The lowest BCUT2D eigenvalue weighted by Crippen LogP contribution is -2.09. The first kappa shape index (κ1) is 17.0. The Morgan fingerprint density at radius 2 is 1.62 bits per heavy atom. The average molecular weight is 307 g/mol. The van der Waals surface area contributed by atoms with Crippen molar-refractivity contribution in [2.45, 2.75) is 16.3 Å². The quantitative estimate of drug-likeness (QED) is 0.621. The molecule has 0 aliphatic heterocycles. The zero-order valence-electron chi connectivity index (χ0n) is 11.6. The highest BCUT2D eigenvalue weighted by atomic mass is 32.2. The van der Waals surface area contributed by atoms with Crippen LogP contribution in [-0.2, 0) is 6.54 Å². The van der Waals surface area contributed by atoms with E-state index in [1.165, 1.54) is 0 Å². The highest BCUT2D eigenvalue weighted by Gasteiger charge is 2.02. The second-order valence-electron chi connectivity index (χ2n) is 4.03. The van der Waals surface area contributed by atoms with Crippen LogP contribution in [0.2, 0.25) is 0 Å². The maximum atomic E-state index is 10.1. The third-order valence-corrected chi connectivity index (χ3v) is 3.65. The van der Waals surface area contributed by atoms with Gasteiger partial charge in [0, 0.05) is 9.79 Å². The van der Waals surface area contributed by atoms with Gasteiger partial charge in [0.25, 0.3) is 0 Å². The number of rotatable bonds is 6. The highest BCUT2D eigenvalue weighted by Crippen LogP contribution is 2.29. The predicted octanol–water partition coefficient (Wildman–Crippen LogP) is 3.88. The topological polar surface area (TPSA) is 97.1 Å². The zero-order chi connectivity index (χ0) is 14.4. The second-order valence-corrected chi connectivity index (χ2v) is 5.18. The van der Waals surface area contributed by atoms with Crippen LogP contribution in [0, 0.1) is 4.91 Å². The van der Waals surface area contributed by atoms with E-state index >= 15 is 0 Å². The van der Waals surface area contributed by atoms with Gasteiger partial charge in [-0.05, 0) is 42.0 Å². The normalized spacial score (nSPS) is 9.62. The Hall–Kier alpha value is -2.09. The molecular weight excluding hydrogens is 290 g/mol. The first-order valence-electron chi connectivity index (χ1n) is 5.92. The molecule has 0 saturated carbocycles. The number of hydrogen-bond acceptors (Lipinski definition) is 6. The van der Waals surface area contributed by atoms with Crippen LogP contribution in [0.4, 0.5) is 0 Å². The minimum absolute atomic E-state index is 0. The molecule has 0 aromatic heterocycles. The molecule has 0 aliphatic carbocycles. The fourth-order valence-corrected chi connectivity index (χ4v) is 2.45. The molecule has 2 aromatic carbocycles. The fraction of sp³-hybridized carbons (Fsp3) is 0.143. The number of benzene rings is 2. The third kappa shape index (κ3) is 5.07. The molecule has 21 heavy (non-hydrogen) atoms. The molecule has 0 amide bonds. The first-order valence-corrected chi connectivity index (χ1v) is 6.73. The Morgan fingerprint density at radius 1 is 1.10 bits per heavy atom. The summed E-state index contributed by atoms with van der Waals surface area (Å²) in [6.07, 6.45) is 0. The summed E-state index contributed by atoms with van der Waals surface area (Å²) in [5, 5.41) is 11.8. The van der Waals surface area contributed by atoms with Gasteiger partial charge in [-0.2, -0.15) is 0 Å². The molecule has 0 saturated heterocycles. The lowest BCUT2D eigenvalue weighted by Gasteiger charge is -2.07. The maximum absolute atomic E-state index is 10.1. The van der Waals surface area contributed by atoms with Crippen LogP contribution >= 0.6 is 11.8 Å². The summed E-state index contributed by atoms with van der Waals surface area (Å²) < 4.78 is 5.11. The molecule has 0 spiro atoms. The Bertz CT molecular complexity index is 561. The number of nitroso groups, excluding NO2 is 1. The van der Waals surface area contributed by atoms with Crippen LogP contribution in [0.25, 0.3) is 0 Å². The summed E-state index contributed by atoms with van der Waals surface area (Å²) in [4.78, 5) is 12.3. The Kier molecular flexibility index (Phi) is 6.67. The molecule has 0 heterocycles. The van der Waals surface area contributed by atoms with E-state index in [4.69, 9.17) is 9.94 Å². The molecule has 0 radical (unpaired) electrons. The zero-order valence-corrected chi connectivity index (χ0v) is 12.4. The number of hydrogen-bond donors (Lipinski definition) is 2. The van der Waals surface area contributed by atoms with E-state index in [9.17, 15) is 4.91 Å². The van der Waals surface area contributed by atoms with Gasteiger partial charge in [-0.1, -0.05) is 23.9 Å². The van der Waals surface area contributed by atoms with E-state index in [-0.39, 0.29) is 12.7 Å². The van der Waals surface area contributed by atoms with Gasteiger partial charge < -0.3 is 10.9 Å². The molecule has 6 nitrogen and oxygen atoms in total. The lowest BCUT2D eigenvalue weighted by molar-refractivity contribution is -0.100. The van der Waals surface area contributed by atoms with Gasteiger partial charge in [-0.25, -0.2) is 0 Å². The number of methoxy groups -OCH3 is 1. The van der Waals surface area contributed by atoms with E-state index in [1.807, 2.05) is 48.5 Å². The Labute approximate surface area is 127 Å². The third-order valence-electron chi connectivity index (χ3n) is 2.64. The molecule has 2 rings (SSSR count). The summed E-state index contributed by atoms with van der Waals surface area (Å²) >= 11 is 1.62. The SMILES string of the molecule is COc1ccc(Sc2ccc(CN(O)N=O)cc2)cc1.N. The van der Waals surface area contributed by atoms with Crippen molar-refractivity contribution in [3.63, 3.8) is 0 Å². The van der Waals surface area contributed by atoms with Gasteiger partial charge in [0.15, 0.2) is 0 Å². The van der Waals surface area contributed by atoms with Crippen LogP contribution in [0.3, 0.4) is 0 Å². The molecule has 0 atom stereocenters. The predicted molar refractivity (Wildman–Crippen MR) is 81.7 cm³/mol. The summed E-state index contributed by atoms with van der Waals surface area (Å²) in [6.45, 7) is 0.0803. The molecule has 112 valence electrons. The first-order chi connectivity index (χ1) is 9.71. The smallest absolute Gasteiger partial charge is 0.118 e. The van der Waals surface area contributed by atoms with Gasteiger partial charge in [0.05, 0.1) is 18.9 Å². The van der Waals surface area contributed by atoms with Crippen molar-refractivity contribution < 1.29 is 9.94 Å².